The van der Waals surface area contributed by atoms with Crippen LogP contribution in [-0.4, -0.2) is 43.4 Å². The van der Waals surface area contributed by atoms with Crippen molar-refractivity contribution in [2.45, 2.75) is 40.2 Å². The number of imidazole rings is 1. The first-order valence-corrected chi connectivity index (χ1v) is 9.70. The Morgan fingerprint density at radius 1 is 1.21 bits per heavy atom. The third-order valence-corrected chi connectivity index (χ3v) is 5.72. The largest absolute Gasteiger partial charge is 0.342 e. The summed E-state index contributed by atoms with van der Waals surface area (Å²) in [5.74, 6) is 1.28. The molecule has 1 aromatic carbocycles. The molecule has 2 aromatic heterocycles. The lowest BCUT2D eigenvalue weighted by atomic mass is 9.96. The van der Waals surface area contributed by atoms with E-state index >= 15 is 0 Å². The van der Waals surface area contributed by atoms with E-state index < -0.39 is 0 Å². The minimum Gasteiger partial charge on any atom is -0.342 e. The van der Waals surface area contributed by atoms with E-state index in [1.807, 2.05) is 43.9 Å². The number of nitrogens with zero attached hydrogens (tertiary/aromatic N) is 4. The van der Waals surface area contributed by atoms with Crippen LogP contribution in [0.1, 0.15) is 40.3 Å². The fraction of sp³-hybridized carbons (Fsp3) is 0.429. The van der Waals surface area contributed by atoms with E-state index in [4.69, 9.17) is 0 Å². The van der Waals surface area contributed by atoms with E-state index in [-0.39, 0.29) is 11.5 Å². The van der Waals surface area contributed by atoms with Gasteiger partial charge in [-0.25, -0.2) is 9.97 Å². The van der Waals surface area contributed by atoms with E-state index in [2.05, 4.69) is 15.0 Å². The molecule has 3 heterocycles. The summed E-state index contributed by atoms with van der Waals surface area (Å²) < 4.78 is 1.71. The van der Waals surface area contributed by atoms with Gasteiger partial charge in [0.05, 0.1) is 17.4 Å². The molecule has 7 nitrogen and oxygen atoms in total. The maximum Gasteiger partial charge on any atom is 0.256 e. The van der Waals surface area contributed by atoms with Crippen LogP contribution in [0.15, 0.2) is 29.3 Å². The Labute approximate surface area is 163 Å². The number of aryl methyl sites for hydroxylation is 2. The molecule has 0 atom stereocenters. The van der Waals surface area contributed by atoms with Crippen LogP contribution in [0, 0.1) is 26.7 Å². The van der Waals surface area contributed by atoms with Gasteiger partial charge in [0.15, 0.2) is 0 Å². The molecule has 28 heavy (non-hydrogen) atoms. The van der Waals surface area contributed by atoms with Gasteiger partial charge in [0, 0.05) is 36.5 Å². The van der Waals surface area contributed by atoms with Crippen molar-refractivity contribution in [3.63, 3.8) is 0 Å². The molecule has 0 aliphatic carbocycles. The average Bonchev–Trinajstić information content (AvgIpc) is 3.07. The van der Waals surface area contributed by atoms with Crippen LogP contribution in [0.2, 0.25) is 0 Å². The minimum atomic E-state index is 0.0363. The zero-order valence-electron chi connectivity index (χ0n) is 16.5. The maximum atomic E-state index is 12.9. The summed E-state index contributed by atoms with van der Waals surface area (Å²) in [6.45, 7) is 7.65. The van der Waals surface area contributed by atoms with E-state index in [9.17, 15) is 9.59 Å². The van der Waals surface area contributed by atoms with Crippen molar-refractivity contribution in [2.24, 2.45) is 5.92 Å². The molecular formula is C21H25N5O2. The van der Waals surface area contributed by atoms with Crippen LogP contribution in [0.4, 0.5) is 0 Å². The summed E-state index contributed by atoms with van der Waals surface area (Å²) in [7, 11) is 0. The van der Waals surface area contributed by atoms with E-state index in [1.54, 1.807) is 10.9 Å². The molecule has 1 fully saturated rings. The third-order valence-electron chi connectivity index (χ3n) is 5.72. The minimum absolute atomic E-state index is 0.0363. The summed E-state index contributed by atoms with van der Waals surface area (Å²) in [4.78, 5) is 39.0. The smallest absolute Gasteiger partial charge is 0.256 e. The van der Waals surface area contributed by atoms with Gasteiger partial charge in [0.1, 0.15) is 5.82 Å². The van der Waals surface area contributed by atoms with Gasteiger partial charge < -0.3 is 9.88 Å². The Hall–Kier alpha value is -2.96. The van der Waals surface area contributed by atoms with Gasteiger partial charge in [-0.1, -0.05) is 0 Å². The molecule has 1 aliphatic rings. The second kappa shape index (κ2) is 7.22. The quantitative estimate of drug-likeness (QED) is 0.758. The van der Waals surface area contributed by atoms with Crippen LogP contribution in [0.25, 0.3) is 11.0 Å². The van der Waals surface area contributed by atoms with Gasteiger partial charge in [0.25, 0.3) is 11.5 Å². The highest BCUT2D eigenvalue weighted by atomic mass is 16.2. The van der Waals surface area contributed by atoms with Crippen molar-refractivity contribution in [3.8, 4) is 0 Å². The van der Waals surface area contributed by atoms with Gasteiger partial charge in [0.2, 0.25) is 0 Å². The summed E-state index contributed by atoms with van der Waals surface area (Å²) in [6.07, 6.45) is 3.41. The monoisotopic (exact) mass is 379 g/mol. The molecule has 0 saturated carbocycles. The van der Waals surface area contributed by atoms with Gasteiger partial charge in [-0.15, -0.1) is 0 Å². The molecular weight excluding hydrogens is 354 g/mol. The topological polar surface area (TPSA) is 83.9 Å². The van der Waals surface area contributed by atoms with Gasteiger partial charge in [-0.05, 0) is 57.7 Å². The fourth-order valence-electron chi connectivity index (χ4n) is 3.86. The number of carbonyl (C=O) groups is 1. The number of fused-ring (bicyclic) bond motifs is 1. The Balaban J connectivity index is 1.41. The molecule has 0 bridgehead atoms. The average molecular weight is 379 g/mol. The summed E-state index contributed by atoms with van der Waals surface area (Å²) in [6, 6.07) is 5.61. The van der Waals surface area contributed by atoms with Crippen LogP contribution in [-0.2, 0) is 6.54 Å². The Bertz CT molecular complexity index is 1090. The number of amides is 1. The Morgan fingerprint density at radius 2 is 1.96 bits per heavy atom. The number of carbonyl (C=O) groups excluding carboxylic acids is 1. The Morgan fingerprint density at radius 3 is 2.71 bits per heavy atom. The first-order chi connectivity index (χ1) is 13.4. The number of hydrogen-bond acceptors (Lipinski definition) is 4. The lowest BCUT2D eigenvalue weighted by Crippen LogP contribution is -2.40. The Kier molecular flexibility index (Phi) is 4.75. The van der Waals surface area contributed by atoms with Gasteiger partial charge >= 0.3 is 0 Å². The first-order valence-electron chi connectivity index (χ1n) is 9.70. The van der Waals surface area contributed by atoms with Crippen molar-refractivity contribution in [2.75, 3.05) is 13.1 Å². The van der Waals surface area contributed by atoms with Crippen molar-refractivity contribution in [3.05, 3.63) is 57.5 Å². The second-order valence-corrected chi connectivity index (χ2v) is 7.70. The molecule has 7 heteroatoms. The summed E-state index contributed by atoms with van der Waals surface area (Å²) in [5.41, 5.74) is 3.98. The van der Waals surface area contributed by atoms with Gasteiger partial charge in [-0.2, -0.15) is 0 Å². The number of benzene rings is 1. The molecule has 1 N–H and O–H groups in total. The SMILES string of the molecule is Cc1nc2ccc(C(=O)N3CCC(Cn4cnc(C)c(C)c4=O)CC3)cc2[nH]1. The molecule has 0 unspecified atom stereocenters. The fourth-order valence-corrected chi connectivity index (χ4v) is 3.86. The second-order valence-electron chi connectivity index (χ2n) is 7.70. The predicted octanol–water partition coefficient (Wildman–Crippen LogP) is 2.60. The number of rotatable bonds is 3. The molecule has 4 rings (SSSR count). The molecule has 1 saturated heterocycles. The van der Waals surface area contributed by atoms with Crippen molar-refractivity contribution in [1.82, 2.24) is 24.4 Å². The highest BCUT2D eigenvalue weighted by Crippen LogP contribution is 2.22. The lowest BCUT2D eigenvalue weighted by Gasteiger charge is -2.32. The maximum absolute atomic E-state index is 12.9. The lowest BCUT2D eigenvalue weighted by molar-refractivity contribution is 0.0682. The van der Waals surface area contributed by atoms with Crippen LogP contribution in [0.5, 0.6) is 0 Å². The van der Waals surface area contributed by atoms with Crippen molar-refractivity contribution >= 4 is 16.9 Å². The normalized spacial score (nSPS) is 15.3. The number of likely N-dealkylation sites (tertiary alicyclic amines) is 1. The van der Waals surface area contributed by atoms with Crippen molar-refractivity contribution in [1.29, 1.82) is 0 Å². The highest BCUT2D eigenvalue weighted by molar-refractivity contribution is 5.97. The van der Waals surface area contributed by atoms with Crippen molar-refractivity contribution < 1.29 is 4.79 Å². The zero-order chi connectivity index (χ0) is 19.8. The number of nitrogens with one attached hydrogen (secondary N) is 1. The number of aromatic amines is 1. The third kappa shape index (κ3) is 3.44. The van der Waals surface area contributed by atoms with Crippen LogP contribution < -0.4 is 5.56 Å². The molecule has 3 aromatic rings. The number of piperidine rings is 1. The van der Waals surface area contributed by atoms with E-state index in [0.717, 1.165) is 35.4 Å². The molecule has 1 aliphatic heterocycles. The zero-order valence-corrected chi connectivity index (χ0v) is 16.5. The standard InChI is InChI=1S/C21H25N5O2/c1-13-14(2)22-12-26(20(13)27)11-16-6-8-25(9-7-16)21(28)17-4-5-18-19(10-17)24-15(3)23-18/h4-5,10,12,16H,6-9,11H2,1-3H3,(H,23,24). The number of hydrogen-bond donors (Lipinski definition) is 1. The predicted molar refractivity (Wildman–Crippen MR) is 107 cm³/mol. The summed E-state index contributed by atoms with van der Waals surface area (Å²) >= 11 is 0. The van der Waals surface area contributed by atoms with E-state index in [1.165, 1.54) is 0 Å². The summed E-state index contributed by atoms with van der Waals surface area (Å²) in [5, 5.41) is 0. The van der Waals surface area contributed by atoms with E-state index in [0.29, 0.717) is 36.7 Å². The number of aromatic nitrogens is 4. The van der Waals surface area contributed by atoms with Gasteiger partial charge in [-0.3, -0.25) is 14.2 Å². The molecule has 1 amide bonds. The molecule has 0 radical (unpaired) electrons. The molecule has 146 valence electrons. The number of H-pyrrole nitrogens is 1. The molecule has 0 spiro atoms. The van der Waals surface area contributed by atoms with Crippen LogP contribution in [0.3, 0.4) is 0 Å². The highest BCUT2D eigenvalue weighted by Gasteiger charge is 2.24. The first kappa shape index (κ1) is 18.4. The van der Waals surface area contributed by atoms with Crippen LogP contribution >= 0.6 is 0 Å².